The number of aryl methyl sites for hydroxylation is 1. The van der Waals surface area contributed by atoms with Gasteiger partial charge in [0.25, 0.3) is 0 Å². The first-order valence-electron chi connectivity index (χ1n) is 14.1. The first kappa shape index (κ1) is 25.9. The fraction of sp³-hybridized carbons (Fsp3) is 0.667. The van der Waals surface area contributed by atoms with E-state index in [4.69, 9.17) is 9.72 Å². The quantitative estimate of drug-likeness (QED) is 0.511. The first-order chi connectivity index (χ1) is 17.5. The molecule has 0 bridgehead atoms. The van der Waals surface area contributed by atoms with Crippen LogP contribution in [-0.4, -0.2) is 48.1 Å². The summed E-state index contributed by atoms with van der Waals surface area (Å²) in [5.41, 5.74) is 2.22. The Kier molecular flexibility index (Phi) is 8.14. The summed E-state index contributed by atoms with van der Waals surface area (Å²) < 4.78 is 5.77. The smallest absolute Gasteiger partial charge is 0.228 e. The van der Waals surface area contributed by atoms with Crippen LogP contribution in [0.4, 0.5) is 0 Å². The number of rotatable bonds is 7. The van der Waals surface area contributed by atoms with E-state index in [1.54, 1.807) is 11.3 Å². The molecule has 4 unspecified atom stereocenters. The number of nitrogens with one attached hydrogen (secondary N) is 1. The molecule has 36 heavy (non-hydrogen) atoms. The fourth-order valence-electron chi connectivity index (χ4n) is 7.10. The normalized spacial score (nSPS) is 29.5. The number of benzene rings is 1. The predicted octanol–water partition coefficient (Wildman–Crippen LogP) is 5.82. The van der Waals surface area contributed by atoms with Crippen molar-refractivity contribution in [2.45, 2.75) is 89.7 Å². The molecule has 0 radical (unpaired) electrons. The van der Waals surface area contributed by atoms with Gasteiger partial charge < -0.3 is 15.0 Å². The Labute approximate surface area is 221 Å². The predicted molar refractivity (Wildman–Crippen MR) is 146 cm³/mol. The van der Waals surface area contributed by atoms with Gasteiger partial charge in [-0.1, -0.05) is 56.5 Å². The molecule has 5 rings (SSSR count). The highest BCUT2D eigenvalue weighted by Gasteiger charge is 2.50. The lowest BCUT2D eigenvalue weighted by atomic mass is 9.73. The molecule has 2 aromatic rings. The first-order valence-corrected chi connectivity index (χ1v) is 14.9. The number of carbonyl (C=O) groups is 1. The van der Waals surface area contributed by atoms with Crippen LogP contribution in [0.1, 0.15) is 85.9 Å². The van der Waals surface area contributed by atoms with Crippen LogP contribution >= 0.6 is 11.3 Å². The molecule has 2 aliphatic heterocycles. The molecule has 1 N–H and O–H groups in total. The summed E-state index contributed by atoms with van der Waals surface area (Å²) in [5.74, 6) is 1.49. The number of aromatic nitrogens is 1. The van der Waals surface area contributed by atoms with Gasteiger partial charge in [-0.2, -0.15) is 0 Å². The highest BCUT2D eigenvalue weighted by Crippen LogP contribution is 2.44. The van der Waals surface area contributed by atoms with Crippen LogP contribution in [0.25, 0.3) is 0 Å². The lowest BCUT2D eigenvalue weighted by Gasteiger charge is -2.46. The van der Waals surface area contributed by atoms with E-state index in [2.05, 4.69) is 54.4 Å². The van der Waals surface area contributed by atoms with Crippen LogP contribution in [0.3, 0.4) is 0 Å². The van der Waals surface area contributed by atoms with Crippen molar-refractivity contribution in [2.24, 2.45) is 11.8 Å². The van der Waals surface area contributed by atoms with E-state index >= 15 is 0 Å². The van der Waals surface area contributed by atoms with Gasteiger partial charge in [0.05, 0.1) is 23.2 Å². The largest absolute Gasteiger partial charge is 0.375 e. The molecule has 1 aliphatic carbocycles. The number of likely N-dealkylation sites (tertiary alicyclic amines) is 1. The van der Waals surface area contributed by atoms with E-state index in [9.17, 15) is 4.79 Å². The van der Waals surface area contributed by atoms with Crippen molar-refractivity contribution in [3.8, 4) is 0 Å². The van der Waals surface area contributed by atoms with Crippen molar-refractivity contribution in [3.05, 3.63) is 51.5 Å². The van der Waals surface area contributed by atoms with E-state index in [0.29, 0.717) is 37.0 Å². The van der Waals surface area contributed by atoms with E-state index in [1.165, 1.54) is 42.5 Å². The van der Waals surface area contributed by atoms with Gasteiger partial charge in [0, 0.05) is 42.6 Å². The Morgan fingerprint density at radius 1 is 1.19 bits per heavy atom. The maximum Gasteiger partial charge on any atom is 0.228 e. The lowest BCUT2D eigenvalue weighted by molar-refractivity contribution is -0.142. The molecule has 6 heteroatoms. The average molecular weight is 510 g/mol. The Morgan fingerprint density at radius 3 is 2.72 bits per heavy atom. The Balaban J connectivity index is 1.41. The summed E-state index contributed by atoms with van der Waals surface area (Å²) in [5, 5.41) is 4.65. The molecule has 3 aliphatic rings. The zero-order valence-corrected chi connectivity index (χ0v) is 23.1. The Morgan fingerprint density at radius 2 is 1.97 bits per heavy atom. The Bertz CT molecular complexity index is 1020. The maximum atomic E-state index is 14.5. The molecule has 1 amide bonds. The monoisotopic (exact) mass is 509 g/mol. The van der Waals surface area contributed by atoms with Gasteiger partial charge in [-0.25, -0.2) is 4.98 Å². The van der Waals surface area contributed by atoms with Gasteiger partial charge in [0.1, 0.15) is 0 Å². The van der Waals surface area contributed by atoms with Crippen molar-refractivity contribution in [1.82, 2.24) is 15.2 Å². The molecule has 1 saturated carbocycles. The number of thiazole rings is 1. The van der Waals surface area contributed by atoms with Crippen LogP contribution in [0, 0.1) is 18.8 Å². The van der Waals surface area contributed by atoms with Gasteiger partial charge in [-0.3, -0.25) is 4.79 Å². The second-order valence-corrected chi connectivity index (χ2v) is 12.6. The van der Waals surface area contributed by atoms with Crippen molar-refractivity contribution in [2.75, 3.05) is 26.2 Å². The number of hydrogen-bond donors (Lipinski definition) is 1. The van der Waals surface area contributed by atoms with Gasteiger partial charge in [0.15, 0.2) is 0 Å². The summed E-state index contributed by atoms with van der Waals surface area (Å²) in [6.07, 6.45) is 8.66. The number of nitrogens with zero attached hydrogens (tertiary/aromatic N) is 2. The van der Waals surface area contributed by atoms with Crippen molar-refractivity contribution >= 4 is 17.2 Å². The number of hydrogen-bond acceptors (Lipinski definition) is 5. The van der Waals surface area contributed by atoms with Crippen molar-refractivity contribution in [1.29, 1.82) is 0 Å². The molecular weight excluding hydrogens is 466 g/mol. The highest BCUT2D eigenvalue weighted by molar-refractivity contribution is 7.11. The number of amides is 1. The van der Waals surface area contributed by atoms with Crippen LogP contribution in [0.2, 0.25) is 0 Å². The van der Waals surface area contributed by atoms with Crippen LogP contribution in [0.5, 0.6) is 0 Å². The summed E-state index contributed by atoms with van der Waals surface area (Å²) in [7, 11) is 0. The van der Waals surface area contributed by atoms with Crippen LogP contribution in [-0.2, 0) is 21.6 Å². The fourth-order valence-corrected chi connectivity index (χ4v) is 8.22. The van der Waals surface area contributed by atoms with Gasteiger partial charge in [0.2, 0.25) is 5.91 Å². The molecule has 4 atom stereocenters. The van der Waals surface area contributed by atoms with Gasteiger partial charge in [-0.15, -0.1) is 11.3 Å². The topological polar surface area (TPSA) is 54.5 Å². The molecule has 196 valence electrons. The van der Waals surface area contributed by atoms with Crippen molar-refractivity contribution in [3.63, 3.8) is 0 Å². The molecule has 1 aromatic carbocycles. The third-order valence-electron chi connectivity index (χ3n) is 9.07. The molecule has 3 heterocycles. The zero-order valence-electron chi connectivity index (χ0n) is 22.3. The number of ether oxygens (including phenoxy) is 1. The summed E-state index contributed by atoms with van der Waals surface area (Å²) in [6.45, 7) is 10.0. The SMILES string of the molecule is CCOCc1nc(C)sc1C1(C)CNCC1C(=O)N1CCC(c2ccccc2)CC1C1CCCCC1. The minimum atomic E-state index is -0.247. The Hall–Kier alpha value is -1.76. The zero-order chi connectivity index (χ0) is 25.1. The van der Waals surface area contributed by atoms with Crippen LogP contribution < -0.4 is 5.32 Å². The third-order valence-corrected chi connectivity index (χ3v) is 10.4. The minimum Gasteiger partial charge on any atom is -0.375 e. The average Bonchev–Trinajstić information content (AvgIpc) is 3.50. The third kappa shape index (κ3) is 5.14. The van der Waals surface area contributed by atoms with Gasteiger partial charge >= 0.3 is 0 Å². The van der Waals surface area contributed by atoms with E-state index in [-0.39, 0.29) is 11.3 Å². The maximum absolute atomic E-state index is 14.5. The molecule has 0 spiro atoms. The van der Waals surface area contributed by atoms with Crippen molar-refractivity contribution < 1.29 is 9.53 Å². The molecule has 1 aromatic heterocycles. The summed E-state index contributed by atoms with van der Waals surface area (Å²) in [4.78, 5) is 22.8. The second-order valence-electron chi connectivity index (χ2n) is 11.4. The number of piperidine rings is 1. The van der Waals surface area contributed by atoms with Gasteiger partial charge in [-0.05, 0) is 56.9 Å². The van der Waals surface area contributed by atoms with E-state index < -0.39 is 0 Å². The summed E-state index contributed by atoms with van der Waals surface area (Å²) >= 11 is 1.75. The molecule has 5 nitrogen and oxygen atoms in total. The lowest BCUT2D eigenvalue weighted by Crippen LogP contribution is -2.54. The summed E-state index contributed by atoms with van der Waals surface area (Å²) in [6, 6.07) is 11.3. The minimum absolute atomic E-state index is 0.0582. The van der Waals surface area contributed by atoms with E-state index in [0.717, 1.165) is 43.2 Å². The van der Waals surface area contributed by atoms with Crippen LogP contribution in [0.15, 0.2) is 30.3 Å². The standard InChI is InChI=1S/C30H43N3O2S/c1-4-35-19-26-28(36-21(2)32-26)30(3)20-31-18-25(30)29(34)33-16-15-24(22-11-7-5-8-12-22)17-27(33)23-13-9-6-10-14-23/h5,7-8,11-12,23-25,27,31H,4,6,9-10,13-20H2,1-3H3. The van der Waals surface area contributed by atoms with E-state index in [1.807, 2.05) is 6.92 Å². The molecule has 3 fully saturated rings. The highest BCUT2D eigenvalue weighted by atomic mass is 32.1. The second kappa shape index (κ2) is 11.3. The number of carbonyl (C=O) groups excluding carboxylic acids is 1. The molecule has 2 saturated heterocycles. The molecular formula is C30H43N3O2S.